The molecule has 0 bridgehead atoms. The van der Waals surface area contributed by atoms with Gasteiger partial charge in [0, 0.05) is 11.3 Å². The van der Waals surface area contributed by atoms with E-state index in [9.17, 15) is 14.4 Å². The highest BCUT2D eigenvalue weighted by molar-refractivity contribution is 6.04. The highest BCUT2D eigenvalue weighted by Crippen LogP contribution is 2.22. The predicted molar refractivity (Wildman–Crippen MR) is 89.7 cm³/mol. The molecular weight excluding hydrogens is 308 g/mol. The largest absolute Gasteiger partial charge is 0.485 e. The Bertz CT molecular complexity index is 805. The van der Waals surface area contributed by atoms with Crippen molar-refractivity contribution >= 4 is 17.5 Å². The van der Waals surface area contributed by atoms with E-state index in [1.54, 1.807) is 25.1 Å². The number of benzene rings is 1. The third-order valence-electron chi connectivity index (χ3n) is 3.79. The quantitative estimate of drug-likeness (QED) is 0.762. The van der Waals surface area contributed by atoms with Gasteiger partial charge in [-0.05, 0) is 38.0 Å². The molecule has 0 fully saturated rings. The molecule has 0 aliphatic rings. The van der Waals surface area contributed by atoms with Crippen LogP contribution in [0.1, 0.15) is 56.3 Å². The second-order valence-corrected chi connectivity index (χ2v) is 5.46. The summed E-state index contributed by atoms with van der Waals surface area (Å²) in [7, 11) is 0. The summed E-state index contributed by atoms with van der Waals surface area (Å²) in [5.74, 6) is -0.741. The summed E-state index contributed by atoms with van der Waals surface area (Å²) < 4.78 is 5.47. The van der Waals surface area contributed by atoms with Gasteiger partial charge in [0.25, 0.3) is 5.91 Å². The minimum atomic E-state index is -0.623. The molecule has 1 aromatic carbocycles. The van der Waals surface area contributed by atoms with Crippen LogP contribution in [-0.4, -0.2) is 29.1 Å². The van der Waals surface area contributed by atoms with Gasteiger partial charge in [-0.2, -0.15) is 0 Å². The number of aryl methyl sites for hydroxylation is 1. The van der Waals surface area contributed by atoms with Crippen molar-refractivity contribution in [2.24, 2.45) is 5.73 Å². The Hall–Kier alpha value is -2.89. The first-order valence-electron chi connectivity index (χ1n) is 7.64. The van der Waals surface area contributed by atoms with Gasteiger partial charge >= 0.3 is 0 Å². The van der Waals surface area contributed by atoms with Gasteiger partial charge in [-0.25, -0.2) is 0 Å². The van der Waals surface area contributed by atoms with Crippen molar-refractivity contribution in [3.63, 3.8) is 0 Å². The predicted octanol–water partition coefficient (Wildman–Crippen LogP) is 2.45. The van der Waals surface area contributed by atoms with E-state index < -0.39 is 5.91 Å². The van der Waals surface area contributed by atoms with Gasteiger partial charge in [-0.1, -0.05) is 19.1 Å². The highest BCUT2D eigenvalue weighted by atomic mass is 16.5. The number of H-pyrrole nitrogens is 1. The number of hydrogen-bond acceptors (Lipinski definition) is 4. The first-order chi connectivity index (χ1) is 11.4. The third-order valence-corrected chi connectivity index (χ3v) is 3.79. The molecule has 1 amide bonds. The molecule has 1 aromatic heterocycles. The van der Waals surface area contributed by atoms with Crippen LogP contribution in [0, 0.1) is 6.92 Å². The van der Waals surface area contributed by atoms with Crippen LogP contribution >= 0.6 is 0 Å². The van der Waals surface area contributed by atoms with E-state index in [4.69, 9.17) is 10.5 Å². The van der Waals surface area contributed by atoms with Crippen LogP contribution in [0.2, 0.25) is 0 Å². The van der Waals surface area contributed by atoms with E-state index in [-0.39, 0.29) is 29.5 Å². The molecule has 0 saturated carbocycles. The molecule has 6 heteroatoms. The third kappa shape index (κ3) is 3.37. The Kier molecular flexibility index (Phi) is 5.18. The van der Waals surface area contributed by atoms with E-state index in [0.29, 0.717) is 28.9 Å². The average Bonchev–Trinajstić information content (AvgIpc) is 2.89. The lowest BCUT2D eigenvalue weighted by molar-refractivity contribution is 0.0907. The number of Topliss-reactive ketones (excluding diaryl/α,β-unsaturated/α-hetero) is 2. The van der Waals surface area contributed by atoms with Gasteiger partial charge in [-0.15, -0.1) is 0 Å². The van der Waals surface area contributed by atoms with Crippen LogP contribution in [0.4, 0.5) is 0 Å². The summed E-state index contributed by atoms with van der Waals surface area (Å²) in [6.45, 7) is 4.86. The lowest BCUT2D eigenvalue weighted by atomic mass is 10.0. The Balaban J connectivity index is 2.24. The van der Waals surface area contributed by atoms with Crippen molar-refractivity contribution in [1.29, 1.82) is 0 Å². The normalized spacial score (nSPS) is 10.5. The molecule has 0 aliphatic heterocycles. The maximum Gasteiger partial charge on any atom is 0.252 e. The minimum absolute atomic E-state index is 0.0837. The summed E-state index contributed by atoms with van der Waals surface area (Å²) in [5.41, 5.74) is 7.79. The molecule has 24 heavy (non-hydrogen) atoms. The number of primary amides is 1. The summed E-state index contributed by atoms with van der Waals surface area (Å²) >= 11 is 0. The van der Waals surface area contributed by atoms with Crippen LogP contribution in [-0.2, 0) is 6.42 Å². The van der Waals surface area contributed by atoms with E-state index >= 15 is 0 Å². The molecule has 0 saturated heterocycles. The van der Waals surface area contributed by atoms with Gasteiger partial charge < -0.3 is 15.5 Å². The lowest BCUT2D eigenvalue weighted by Gasteiger charge is -2.09. The number of nitrogens with one attached hydrogen (secondary N) is 1. The Labute approximate surface area is 140 Å². The zero-order chi connectivity index (χ0) is 17.9. The monoisotopic (exact) mass is 328 g/mol. The number of para-hydroxylation sites is 1. The van der Waals surface area contributed by atoms with Crippen LogP contribution in [0.25, 0.3) is 0 Å². The smallest absolute Gasteiger partial charge is 0.252 e. The van der Waals surface area contributed by atoms with E-state index in [1.807, 2.05) is 6.92 Å². The first-order valence-corrected chi connectivity index (χ1v) is 7.64. The zero-order valence-corrected chi connectivity index (χ0v) is 13.9. The number of amides is 1. The molecule has 0 spiro atoms. The molecule has 0 radical (unpaired) electrons. The molecule has 0 atom stereocenters. The molecule has 1 heterocycles. The second kappa shape index (κ2) is 7.12. The Morgan fingerprint density at radius 2 is 1.88 bits per heavy atom. The fourth-order valence-electron chi connectivity index (χ4n) is 2.76. The van der Waals surface area contributed by atoms with Crippen molar-refractivity contribution in [3.05, 3.63) is 52.3 Å². The van der Waals surface area contributed by atoms with Crippen molar-refractivity contribution in [3.8, 4) is 5.75 Å². The van der Waals surface area contributed by atoms with Crippen molar-refractivity contribution in [2.75, 3.05) is 6.61 Å². The molecule has 126 valence electrons. The van der Waals surface area contributed by atoms with Crippen molar-refractivity contribution in [1.82, 2.24) is 4.98 Å². The molecule has 6 nitrogen and oxygen atoms in total. The highest BCUT2D eigenvalue weighted by Gasteiger charge is 2.22. The summed E-state index contributed by atoms with van der Waals surface area (Å²) in [6, 6.07) is 6.47. The van der Waals surface area contributed by atoms with E-state index in [2.05, 4.69) is 4.98 Å². The number of rotatable bonds is 7. The van der Waals surface area contributed by atoms with Crippen LogP contribution in [0.5, 0.6) is 5.75 Å². The molecule has 0 unspecified atom stereocenters. The number of aromatic amines is 1. The second-order valence-electron chi connectivity index (χ2n) is 5.46. The standard InChI is InChI=1S/C18H20N2O4/c1-4-12-16(11(3)21)10(2)20-17(12)14(22)9-24-15-8-6-5-7-13(15)18(19)23/h5-8,20H,4,9H2,1-3H3,(H2,19,23). The molecule has 2 aromatic rings. The maximum atomic E-state index is 12.5. The van der Waals surface area contributed by atoms with Gasteiger partial charge in [0.05, 0.1) is 11.3 Å². The molecule has 2 rings (SSSR count). The summed E-state index contributed by atoms with van der Waals surface area (Å²) in [4.78, 5) is 38.6. The van der Waals surface area contributed by atoms with Crippen LogP contribution in [0.3, 0.4) is 0 Å². The SMILES string of the molecule is CCc1c(C(=O)COc2ccccc2C(N)=O)[nH]c(C)c1C(C)=O. The summed E-state index contributed by atoms with van der Waals surface area (Å²) in [5, 5.41) is 0. The van der Waals surface area contributed by atoms with E-state index in [0.717, 1.165) is 0 Å². The van der Waals surface area contributed by atoms with E-state index in [1.165, 1.54) is 13.0 Å². The van der Waals surface area contributed by atoms with Crippen molar-refractivity contribution < 1.29 is 19.1 Å². The van der Waals surface area contributed by atoms with Gasteiger partial charge in [-0.3, -0.25) is 14.4 Å². The Morgan fingerprint density at radius 1 is 1.21 bits per heavy atom. The molecule has 0 aliphatic carbocycles. The Morgan fingerprint density at radius 3 is 2.46 bits per heavy atom. The van der Waals surface area contributed by atoms with Gasteiger partial charge in [0.1, 0.15) is 5.75 Å². The number of hydrogen-bond donors (Lipinski definition) is 2. The van der Waals surface area contributed by atoms with Crippen LogP contribution < -0.4 is 10.5 Å². The molecular formula is C18H20N2O4. The average molecular weight is 328 g/mol. The summed E-state index contributed by atoms with van der Waals surface area (Å²) in [6.07, 6.45) is 0.554. The number of ether oxygens (including phenoxy) is 1. The topological polar surface area (TPSA) is 102 Å². The number of carbonyl (C=O) groups excluding carboxylic acids is 3. The van der Waals surface area contributed by atoms with Crippen molar-refractivity contribution in [2.45, 2.75) is 27.2 Å². The number of aromatic nitrogens is 1. The minimum Gasteiger partial charge on any atom is -0.485 e. The number of ketones is 2. The number of carbonyl (C=O) groups is 3. The fourth-order valence-corrected chi connectivity index (χ4v) is 2.76. The maximum absolute atomic E-state index is 12.5. The van der Waals surface area contributed by atoms with Crippen LogP contribution in [0.15, 0.2) is 24.3 Å². The zero-order valence-electron chi connectivity index (χ0n) is 13.9. The lowest BCUT2D eigenvalue weighted by Crippen LogP contribution is -2.17. The van der Waals surface area contributed by atoms with Gasteiger partial charge in [0.2, 0.25) is 5.78 Å². The van der Waals surface area contributed by atoms with Gasteiger partial charge in [0.15, 0.2) is 12.4 Å². The first kappa shape index (κ1) is 17.5. The number of nitrogens with two attached hydrogens (primary N) is 1. The molecule has 3 N–H and O–H groups in total. The fraction of sp³-hybridized carbons (Fsp3) is 0.278.